The molecule has 1 amide bonds. The number of ether oxygens (including phenoxy) is 1. The van der Waals surface area contributed by atoms with Crippen molar-refractivity contribution in [1.82, 2.24) is 9.78 Å². The van der Waals surface area contributed by atoms with E-state index in [0.29, 0.717) is 23.6 Å². The average Bonchev–Trinajstić information content (AvgIpc) is 3.62. The second kappa shape index (κ2) is 13.0. The van der Waals surface area contributed by atoms with Gasteiger partial charge in [0.15, 0.2) is 0 Å². The summed E-state index contributed by atoms with van der Waals surface area (Å²) in [5.74, 6) is 1.17. The topological polar surface area (TPSA) is 59.7 Å². The minimum Gasteiger partial charge on any atom is -0.489 e. The Hall–Kier alpha value is -5.14. The van der Waals surface area contributed by atoms with Crippen molar-refractivity contribution in [1.29, 1.82) is 0 Å². The number of anilines is 1. The molecule has 0 bridgehead atoms. The molecule has 0 atom stereocenters. The summed E-state index contributed by atoms with van der Waals surface area (Å²) < 4.78 is 7.67. The minimum absolute atomic E-state index is 0.168. The fourth-order valence-corrected chi connectivity index (χ4v) is 5.78. The van der Waals surface area contributed by atoms with Crippen molar-refractivity contribution < 1.29 is 9.53 Å². The quantitative estimate of drug-likeness (QED) is 0.0925. The van der Waals surface area contributed by atoms with Crippen molar-refractivity contribution in [2.75, 3.05) is 17.4 Å². The maximum atomic E-state index is 14.0. The second-order valence-corrected chi connectivity index (χ2v) is 11.5. The van der Waals surface area contributed by atoms with Crippen LogP contribution >= 0.6 is 11.8 Å². The zero-order valence-corrected chi connectivity index (χ0v) is 25.5. The summed E-state index contributed by atoms with van der Waals surface area (Å²) in [6.45, 7) is 8.27. The molecular formula is C37H32N4O2S. The largest absolute Gasteiger partial charge is 0.489 e. The van der Waals surface area contributed by atoms with Gasteiger partial charge >= 0.3 is 0 Å². The van der Waals surface area contributed by atoms with E-state index < -0.39 is 0 Å². The number of aryl methyl sites for hydroxylation is 2. The molecule has 7 heteroatoms. The molecule has 0 radical (unpaired) electrons. The molecule has 44 heavy (non-hydrogen) atoms. The lowest BCUT2D eigenvalue weighted by Gasteiger charge is -2.11. The molecule has 4 aromatic carbocycles. The van der Waals surface area contributed by atoms with Gasteiger partial charge in [-0.25, -0.2) is 4.68 Å². The Labute approximate surface area is 262 Å². The molecule has 0 unspecified atom stereocenters. The van der Waals surface area contributed by atoms with Gasteiger partial charge in [-0.3, -0.25) is 4.79 Å². The first kappa shape index (κ1) is 29.0. The summed E-state index contributed by atoms with van der Waals surface area (Å²) in [6, 6.07) is 33.9. The molecule has 0 aliphatic carbocycles. The van der Waals surface area contributed by atoms with Crippen molar-refractivity contribution in [3.63, 3.8) is 0 Å². The third-order valence-corrected chi connectivity index (χ3v) is 8.24. The van der Waals surface area contributed by atoms with E-state index in [4.69, 9.17) is 14.9 Å². The first-order chi connectivity index (χ1) is 21.5. The first-order valence-corrected chi connectivity index (χ1v) is 15.4. The number of carbonyl (C=O) groups excluding carboxylic acids is 1. The van der Waals surface area contributed by atoms with Crippen LogP contribution in [0.4, 0.5) is 5.69 Å². The molecule has 2 heterocycles. The summed E-state index contributed by atoms with van der Waals surface area (Å²) in [6.07, 6.45) is 5.63. The second-order valence-electron chi connectivity index (χ2n) is 10.5. The number of hydrogen-bond donors (Lipinski definition) is 0. The van der Waals surface area contributed by atoms with Crippen LogP contribution in [-0.4, -0.2) is 33.8 Å². The van der Waals surface area contributed by atoms with Crippen molar-refractivity contribution in [2.45, 2.75) is 18.7 Å². The Kier molecular flexibility index (Phi) is 8.57. The van der Waals surface area contributed by atoms with Crippen LogP contribution in [0.2, 0.25) is 0 Å². The maximum Gasteiger partial charge on any atom is 0.280 e. The van der Waals surface area contributed by atoms with Crippen LogP contribution < -0.4 is 9.75 Å². The molecule has 218 valence electrons. The van der Waals surface area contributed by atoms with Gasteiger partial charge in [0.25, 0.3) is 5.91 Å². The summed E-state index contributed by atoms with van der Waals surface area (Å²) in [7, 11) is 0. The van der Waals surface area contributed by atoms with Crippen LogP contribution in [-0.2, 0) is 4.79 Å². The molecule has 5 aromatic rings. The number of nitrogens with zero attached hydrogens (tertiary/aromatic N) is 4. The fourth-order valence-electron chi connectivity index (χ4n) is 4.93. The highest BCUT2D eigenvalue weighted by atomic mass is 32.2. The van der Waals surface area contributed by atoms with Crippen molar-refractivity contribution in [2.24, 2.45) is 5.10 Å². The van der Waals surface area contributed by atoms with Gasteiger partial charge in [-0.2, -0.15) is 15.2 Å². The molecule has 1 aliphatic rings. The SMILES string of the molecule is C=CCOc1ccc(-c2nn(-c3ccccc3)cc2C=C2C(=O)N(c3ccccc3)N=C2CSc2ccc(C)cc2)cc1C. The number of amides is 1. The predicted molar refractivity (Wildman–Crippen MR) is 181 cm³/mol. The molecule has 1 aromatic heterocycles. The van der Waals surface area contributed by atoms with E-state index in [0.717, 1.165) is 44.4 Å². The van der Waals surface area contributed by atoms with Crippen LogP contribution in [0, 0.1) is 13.8 Å². The van der Waals surface area contributed by atoms with Gasteiger partial charge in [0.2, 0.25) is 0 Å². The molecule has 0 saturated heterocycles. The van der Waals surface area contributed by atoms with Gasteiger partial charge in [-0.1, -0.05) is 66.7 Å². The van der Waals surface area contributed by atoms with Gasteiger partial charge in [-0.05, 0) is 80.1 Å². The number of hydrazone groups is 1. The molecule has 1 aliphatic heterocycles. The third-order valence-electron chi connectivity index (χ3n) is 7.22. The monoisotopic (exact) mass is 596 g/mol. The van der Waals surface area contributed by atoms with E-state index in [-0.39, 0.29) is 5.91 Å². The summed E-state index contributed by atoms with van der Waals surface area (Å²) in [4.78, 5) is 15.1. The van der Waals surface area contributed by atoms with Crippen LogP contribution in [0.5, 0.6) is 5.75 Å². The highest BCUT2D eigenvalue weighted by molar-refractivity contribution is 8.00. The van der Waals surface area contributed by atoms with Crippen molar-refractivity contribution in [3.8, 4) is 22.7 Å². The molecule has 0 spiro atoms. The number of para-hydroxylation sites is 2. The third kappa shape index (κ3) is 6.28. The number of thioether (sulfide) groups is 1. The predicted octanol–water partition coefficient (Wildman–Crippen LogP) is 8.30. The van der Waals surface area contributed by atoms with E-state index in [1.54, 1.807) is 17.8 Å². The Morgan fingerprint density at radius 3 is 2.27 bits per heavy atom. The smallest absolute Gasteiger partial charge is 0.280 e. The molecule has 0 fully saturated rings. The lowest BCUT2D eigenvalue weighted by molar-refractivity contribution is -0.114. The van der Waals surface area contributed by atoms with E-state index in [1.807, 2.05) is 96.7 Å². The normalized spacial score (nSPS) is 13.8. The Morgan fingerprint density at radius 2 is 1.59 bits per heavy atom. The summed E-state index contributed by atoms with van der Waals surface area (Å²) >= 11 is 1.66. The van der Waals surface area contributed by atoms with E-state index in [1.165, 1.54) is 10.6 Å². The van der Waals surface area contributed by atoms with E-state index in [9.17, 15) is 4.79 Å². The van der Waals surface area contributed by atoms with Crippen LogP contribution in [0.1, 0.15) is 16.7 Å². The zero-order valence-electron chi connectivity index (χ0n) is 24.7. The highest BCUT2D eigenvalue weighted by Gasteiger charge is 2.31. The van der Waals surface area contributed by atoms with Crippen LogP contribution in [0.15, 0.2) is 138 Å². The molecule has 0 saturated carbocycles. The minimum atomic E-state index is -0.168. The van der Waals surface area contributed by atoms with Crippen molar-refractivity contribution >= 4 is 35.1 Å². The molecule has 0 N–H and O–H groups in total. The zero-order chi connectivity index (χ0) is 30.5. The number of benzene rings is 4. The Morgan fingerprint density at radius 1 is 0.886 bits per heavy atom. The van der Waals surface area contributed by atoms with Crippen LogP contribution in [0.3, 0.4) is 0 Å². The lowest BCUT2D eigenvalue weighted by Crippen LogP contribution is -2.21. The number of rotatable bonds is 10. The van der Waals surface area contributed by atoms with Crippen molar-refractivity contribution in [3.05, 3.63) is 144 Å². The standard InChI is InChI=1S/C37H32N4O2S/c1-4-21-43-35-20-17-28(22-27(35)3)36-29(24-40(39-36)30-11-7-5-8-12-30)23-33-34(25-44-32-18-15-26(2)16-19-32)38-41(37(33)42)31-13-9-6-10-14-31/h4-20,22-24H,1,21,25H2,2-3H3. The first-order valence-electron chi connectivity index (χ1n) is 14.4. The number of carbonyl (C=O) groups is 1. The summed E-state index contributed by atoms with van der Waals surface area (Å²) in [5, 5.41) is 11.3. The maximum absolute atomic E-state index is 14.0. The van der Waals surface area contributed by atoms with Gasteiger partial charge < -0.3 is 4.74 Å². The Bertz CT molecular complexity index is 1860. The molecule has 6 nitrogen and oxygen atoms in total. The highest BCUT2D eigenvalue weighted by Crippen LogP contribution is 2.33. The van der Waals surface area contributed by atoms with E-state index in [2.05, 4.69) is 43.8 Å². The molecule has 6 rings (SSSR count). The van der Waals surface area contributed by atoms with Gasteiger partial charge in [0, 0.05) is 28.0 Å². The number of aromatic nitrogens is 2. The average molecular weight is 597 g/mol. The van der Waals surface area contributed by atoms with Gasteiger partial charge in [0.1, 0.15) is 12.4 Å². The van der Waals surface area contributed by atoms with E-state index >= 15 is 0 Å². The summed E-state index contributed by atoms with van der Waals surface area (Å²) in [5.41, 5.74) is 7.61. The van der Waals surface area contributed by atoms with Gasteiger partial charge in [0.05, 0.1) is 28.4 Å². The fraction of sp³-hybridized carbons (Fsp3) is 0.108. The number of hydrogen-bond acceptors (Lipinski definition) is 5. The lowest BCUT2D eigenvalue weighted by atomic mass is 10.0. The Balaban J connectivity index is 1.43. The molecular weight excluding hydrogens is 565 g/mol. The van der Waals surface area contributed by atoms with Gasteiger partial charge in [-0.15, -0.1) is 11.8 Å². The van der Waals surface area contributed by atoms with Crippen LogP contribution in [0.25, 0.3) is 23.0 Å².